The minimum absolute atomic E-state index is 0.0375. The number of hydrogen-bond acceptors (Lipinski definition) is 5. The molecule has 8 heteroatoms. The number of pyridine rings is 1. The van der Waals surface area contributed by atoms with Crippen LogP contribution < -0.4 is 5.32 Å². The molecular formula is C17H23N3O4S. The summed E-state index contributed by atoms with van der Waals surface area (Å²) < 4.78 is 23.3. The molecule has 3 unspecified atom stereocenters. The van der Waals surface area contributed by atoms with E-state index in [0.29, 0.717) is 25.9 Å². The first-order chi connectivity index (χ1) is 11.9. The summed E-state index contributed by atoms with van der Waals surface area (Å²) in [5.41, 5.74) is 0.769. The van der Waals surface area contributed by atoms with Gasteiger partial charge >= 0.3 is 0 Å². The van der Waals surface area contributed by atoms with Crippen molar-refractivity contribution >= 4 is 21.7 Å². The Kier molecular flexibility index (Phi) is 5.08. The van der Waals surface area contributed by atoms with Gasteiger partial charge < -0.3 is 10.2 Å². The topological polar surface area (TPSA) is 96.4 Å². The lowest BCUT2D eigenvalue weighted by atomic mass is 10.2. The fraction of sp³-hybridized carbons (Fsp3) is 0.588. The summed E-state index contributed by atoms with van der Waals surface area (Å²) in [6.45, 7) is 2.66. The molecule has 0 bridgehead atoms. The SMILES string of the molecule is CCN(C(=O)C1CC1C(=O)NCc1ccccn1)C1CCS(=O)(=O)C1. The van der Waals surface area contributed by atoms with Crippen LogP contribution >= 0.6 is 0 Å². The number of carbonyl (C=O) groups is 2. The zero-order valence-electron chi connectivity index (χ0n) is 14.2. The minimum Gasteiger partial charge on any atom is -0.350 e. The molecular weight excluding hydrogens is 342 g/mol. The summed E-state index contributed by atoms with van der Waals surface area (Å²) in [5.74, 6) is -0.701. The summed E-state index contributed by atoms with van der Waals surface area (Å²) >= 11 is 0. The lowest BCUT2D eigenvalue weighted by Crippen LogP contribution is -2.42. The van der Waals surface area contributed by atoms with E-state index in [9.17, 15) is 18.0 Å². The molecule has 2 heterocycles. The number of amides is 2. The second-order valence-corrected chi connectivity index (χ2v) is 8.90. The largest absolute Gasteiger partial charge is 0.350 e. The number of nitrogens with zero attached hydrogens (tertiary/aromatic N) is 2. The first kappa shape index (κ1) is 17.8. The van der Waals surface area contributed by atoms with Gasteiger partial charge in [0.25, 0.3) is 0 Å². The molecule has 7 nitrogen and oxygen atoms in total. The van der Waals surface area contributed by atoms with E-state index in [1.165, 1.54) is 0 Å². The van der Waals surface area contributed by atoms with E-state index >= 15 is 0 Å². The Hall–Kier alpha value is -1.96. The van der Waals surface area contributed by atoms with Gasteiger partial charge in [-0.1, -0.05) is 6.07 Å². The molecule has 2 aliphatic rings. The maximum absolute atomic E-state index is 12.7. The van der Waals surface area contributed by atoms with Crippen LogP contribution in [0.25, 0.3) is 0 Å². The highest BCUT2D eigenvalue weighted by atomic mass is 32.2. The van der Waals surface area contributed by atoms with Gasteiger partial charge in [-0.15, -0.1) is 0 Å². The number of rotatable bonds is 6. The fourth-order valence-corrected chi connectivity index (χ4v) is 5.13. The van der Waals surface area contributed by atoms with Gasteiger partial charge in [0, 0.05) is 18.8 Å². The number of aromatic nitrogens is 1. The van der Waals surface area contributed by atoms with Crippen molar-refractivity contribution in [1.29, 1.82) is 0 Å². The van der Waals surface area contributed by atoms with E-state index in [0.717, 1.165) is 5.69 Å². The van der Waals surface area contributed by atoms with Crippen molar-refractivity contribution in [1.82, 2.24) is 15.2 Å². The van der Waals surface area contributed by atoms with Gasteiger partial charge in [-0.3, -0.25) is 14.6 Å². The second-order valence-electron chi connectivity index (χ2n) is 6.67. The number of hydrogen-bond donors (Lipinski definition) is 1. The van der Waals surface area contributed by atoms with E-state index in [2.05, 4.69) is 10.3 Å². The normalized spacial score (nSPS) is 26.8. The highest BCUT2D eigenvalue weighted by Crippen LogP contribution is 2.41. The van der Waals surface area contributed by atoms with Crippen molar-refractivity contribution < 1.29 is 18.0 Å². The molecule has 0 radical (unpaired) electrons. The van der Waals surface area contributed by atoms with Crippen LogP contribution in [-0.4, -0.2) is 54.2 Å². The van der Waals surface area contributed by atoms with E-state index in [1.54, 1.807) is 11.1 Å². The minimum atomic E-state index is -3.04. The Balaban J connectivity index is 1.53. The lowest BCUT2D eigenvalue weighted by molar-refractivity contribution is -0.136. The highest BCUT2D eigenvalue weighted by Gasteiger charge is 2.50. The van der Waals surface area contributed by atoms with Crippen molar-refractivity contribution in [3.63, 3.8) is 0 Å². The Morgan fingerprint density at radius 1 is 1.32 bits per heavy atom. The van der Waals surface area contributed by atoms with Crippen LogP contribution in [0.2, 0.25) is 0 Å². The summed E-state index contributed by atoms with van der Waals surface area (Å²) in [5, 5.41) is 2.82. The third-order valence-electron chi connectivity index (χ3n) is 4.89. The average molecular weight is 365 g/mol. The third kappa shape index (κ3) is 4.18. The molecule has 3 rings (SSSR count). The number of sulfone groups is 1. The van der Waals surface area contributed by atoms with Gasteiger partial charge in [-0.05, 0) is 31.9 Å². The van der Waals surface area contributed by atoms with Crippen LogP contribution in [0, 0.1) is 11.8 Å². The molecule has 3 atom stereocenters. The van der Waals surface area contributed by atoms with Gasteiger partial charge in [-0.25, -0.2) is 8.42 Å². The fourth-order valence-electron chi connectivity index (χ4n) is 3.40. The van der Waals surface area contributed by atoms with Crippen LogP contribution in [0.15, 0.2) is 24.4 Å². The Bertz CT molecular complexity index is 750. The van der Waals surface area contributed by atoms with Crippen molar-refractivity contribution in [2.24, 2.45) is 11.8 Å². The zero-order valence-corrected chi connectivity index (χ0v) is 15.0. The maximum Gasteiger partial charge on any atom is 0.226 e. The first-order valence-corrected chi connectivity index (χ1v) is 10.4. The predicted octanol–water partition coefficient (Wildman–Crippen LogP) is 0.369. The van der Waals surface area contributed by atoms with Gasteiger partial charge in [-0.2, -0.15) is 0 Å². The van der Waals surface area contributed by atoms with Crippen molar-refractivity contribution in [2.75, 3.05) is 18.1 Å². The van der Waals surface area contributed by atoms with Crippen molar-refractivity contribution in [3.8, 4) is 0 Å². The molecule has 1 aromatic heterocycles. The lowest BCUT2D eigenvalue weighted by Gasteiger charge is -2.27. The highest BCUT2D eigenvalue weighted by molar-refractivity contribution is 7.91. The van der Waals surface area contributed by atoms with E-state index in [1.807, 2.05) is 25.1 Å². The predicted molar refractivity (Wildman–Crippen MR) is 92.1 cm³/mol. The zero-order chi connectivity index (χ0) is 18.0. The van der Waals surface area contributed by atoms with Crippen LogP contribution in [0.3, 0.4) is 0 Å². The van der Waals surface area contributed by atoms with Gasteiger partial charge in [0.05, 0.1) is 35.6 Å². The summed E-state index contributed by atoms with van der Waals surface area (Å²) in [6.07, 6.45) is 2.69. The van der Waals surface area contributed by atoms with E-state index in [-0.39, 0.29) is 41.2 Å². The van der Waals surface area contributed by atoms with Crippen LogP contribution in [-0.2, 0) is 26.0 Å². The van der Waals surface area contributed by atoms with Crippen molar-refractivity contribution in [3.05, 3.63) is 30.1 Å². The molecule has 1 saturated carbocycles. The molecule has 1 aromatic rings. The maximum atomic E-state index is 12.7. The molecule has 1 N–H and O–H groups in total. The first-order valence-electron chi connectivity index (χ1n) is 8.60. The van der Waals surface area contributed by atoms with E-state index < -0.39 is 9.84 Å². The molecule has 1 aliphatic heterocycles. The van der Waals surface area contributed by atoms with Crippen LogP contribution in [0.4, 0.5) is 0 Å². The molecule has 0 spiro atoms. The molecule has 1 aliphatic carbocycles. The summed E-state index contributed by atoms with van der Waals surface area (Å²) in [4.78, 5) is 30.7. The summed E-state index contributed by atoms with van der Waals surface area (Å²) in [7, 11) is -3.04. The van der Waals surface area contributed by atoms with Crippen molar-refractivity contribution in [2.45, 2.75) is 32.4 Å². The average Bonchev–Trinajstić information content (AvgIpc) is 3.32. The van der Waals surface area contributed by atoms with Gasteiger partial charge in [0.15, 0.2) is 9.84 Å². The Morgan fingerprint density at radius 2 is 2.12 bits per heavy atom. The second kappa shape index (κ2) is 7.11. The smallest absolute Gasteiger partial charge is 0.226 e. The van der Waals surface area contributed by atoms with Crippen LogP contribution in [0.1, 0.15) is 25.5 Å². The molecule has 136 valence electrons. The molecule has 2 amide bonds. The Morgan fingerprint density at radius 3 is 2.72 bits per heavy atom. The standard InChI is InChI=1S/C17H23N3O4S/c1-2-20(13-6-8-25(23,24)11-13)17(22)15-9-14(15)16(21)19-10-12-5-3-4-7-18-12/h3-5,7,13-15H,2,6,8-11H2,1H3,(H,19,21). The number of nitrogens with one attached hydrogen (secondary N) is 1. The molecule has 1 saturated heterocycles. The molecule has 25 heavy (non-hydrogen) atoms. The monoisotopic (exact) mass is 365 g/mol. The van der Waals surface area contributed by atoms with Gasteiger partial charge in [0.2, 0.25) is 11.8 Å². The van der Waals surface area contributed by atoms with Gasteiger partial charge in [0.1, 0.15) is 0 Å². The van der Waals surface area contributed by atoms with E-state index in [4.69, 9.17) is 0 Å². The Labute approximate surface area is 147 Å². The quantitative estimate of drug-likeness (QED) is 0.786. The molecule has 0 aromatic carbocycles. The molecule has 2 fully saturated rings. The van der Waals surface area contributed by atoms with Crippen LogP contribution in [0.5, 0.6) is 0 Å². The third-order valence-corrected chi connectivity index (χ3v) is 6.64. The number of carbonyl (C=O) groups excluding carboxylic acids is 2. The summed E-state index contributed by atoms with van der Waals surface area (Å²) in [6, 6.07) is 5.24.